The van der Waals surface area contributed by atoms with E-state index in [4.69, 9.17) is 5.73 Å². The monoisotopic (exact) mass is 179 g/mol. The summed E-state index contributed by atoms with van der Waals surface area (Å²) >= 11 is 0. The molecular formula is C9H13N3O. The average molecular weight is 179 g/mol. The molecule has 0 radical (unpaired) electrons. The lowest BCUT2D eigenvalue weighted by Crippen LogP contribution is -2.19. The normalized spacial score (nSPS) is 16.5. The molecule has 1 aromatic heterocycles. The van der Waals surface area contributed by atoms with Crippen molar-refractivity contribution in [3.63, 3.8) is 0 Å². The Morgan fingerprint density at radius 3 is 3.08 bits per heavy atom. The summed E-state index contributed by atoms with van der Waals surface area (Å²) in [6.45, 7) is 3.48. The van der Waals surface area contributed by atoms with Crippen LogP contribution in [0, 0.1) is 0 Å². The van der Waals surface area contributed by atoms with Crippen LogP contribution in [-0.2, 0) is 6.54 Å². The van der Waals surface area contributed by atoms with Gasteiger partial charge in [0.25, 0.3) is 5.56 Å². The molecule has 1 atom stereocenters. The fourth-order valence-electron chi connectivity index (χ4n) is 1.67. The van der Waals surface area contributed by atoms with E-state index in [1.165, 1.54) is 0 Å². The second kappa shape index (κ2) is 2.88. The Morgan fingerprint density at radius 1 is 1.62 bits per heavy atom. The minimum Gasteiger partial charge on any atom is -0.369 e. The number of rotatable bonds is 1. The number of hydrogen-bond donors (Lipinski definition) is 2. The van der Waals surface area contributed by atoms with Gasteiger partial charge in [0, 0.05) is 30.8 Å². The molecule has 1 unspecified atom stereocenters. The van der Waals surface area contributed by atoms with Crippen LogP contribution in [0.1, 0.15) is 18.5 Å². The summed E-state index contributed by atoms with van der Waals surface area (Å²) < 4.78 is 1.73. The van der Waals surface area contributed by atoms with Gasteiger partial charge in [-0.3, -0.25) is 9.36 Å². The van der Waals surface area contributed by atoms with Crippen LogP contribution < -0.4 is 16.6 Å². The lowest BCUT2D eigenvalue weighted by atomic mass is 10.1. The van der Waals surface area contributed by atoms with Crippen LogP contribution in [-0.4, -0.2) is 11.1 Å². The first-order valence-corrected chi connectivity index (χ1v) is 4.43. The average Bonchev–Trinajstić information content (AvgIpc) is 2.53. The van der Waals surface area contributed by atoms with E-state index in [1.54, 1.807) is 16.7 Å². The van der Waals surface area contributed by atoms with Gasteiger partial charge in [-0.1, -0.05) is 0 Å². The van der Waals surface area contributed by atoms with Crippen LogP contribution >= 0.6 is 0 Å². The zero-order valence-electron chi connectivity index (χ0n) is 7.58. The van der Waals surface area contributed by atoms with E-state index in [1.807, 2.05) is 6.92 Å². The van der Waals surface area contributed by atoms with Crippen LogP contribution in [0.15, 0.2) is 16.9 Å². The molecule has 4 nitrogen and oxygen atoms in total. The highest BCUT2D eigenvalue weighted by molar-refractivity contribution is 5.48. The third-order valence-electron chi connectivity index (χ3n) is 2.33. The van der Waals surface area contributed by atoms with Gasteiger partial charge in [-0.25, -0.2) is 0 Å². The summed E-state index contributed by atoms with van der Waals surface area (Å²) in [6, 6.07) is 3.35. The van der Waals surface area contributed by atoms with Crippen LogP contribution in [0.25, 0.3) is 0 Å². The molecule has 0 spiro atoms. The van der Waals surface area contributed by atoms with Gasteiger partial charge in [0.05, 0.1) is 0 Å². The topological polar surface area (TPSA) is 60.1 Å². The van der Waals surface area contributed by atoms with Crippen molar-refractivity contribution >= 4 is 5.82 Å². The zero-order chi connectivity index (χ0) is 9.42. The number of nitrogens with zero attached hydrogens (tertiary/aromatic N) is 1. The Kier molecular flexibility index (Phi) is 1.84. The zero-order valence-corrected chi connectivity index (χ0v) is 7.58. The predicted octanol–water partition coefficient (Wildman–Crippen LogP) is 0.293. The molecule has 3 N–H and O–H groups in total. The van der Waals surface area contributed by atoms with E-state index in [0.29, 0.717) is 0 Å². The molecule has 13 heavy (non-hydrogen) atoms. The number of anilines is 1. The molecule has 4 heteroatoms. The second-order valence-electron chi connectivity index (χ2n) is 3.34. The second-order valence-corrected chi connectivity index (χ2v) is 3.34. The first-order valence-electron chi connectivity index (χ1n) is 4.43. The maximum absolute atomic E-state index is 11.4. The highest BCUT2D eigenvalue weighted by Gasteiger charge is 2.16. The number of nitrogens with one attached hydrogen (secondary N) is 1. The van der Waals surface area contributed by atoms with Gasteiger partial charge >= 0.3 is 0 Å². The van der Waals surface area contributed by atoms with Crippen molar-refractivity contribution in [3.8, 4) is 0 Å². The molecule has 2 rings (SSSR count). The molecule has 0 saturated heterocycles. The summed E-state index contributed by atoms with van der Waals surface area (Å²) in [4.78, 5) is 11.4. The van der Waals surface area contributed by atoms with Crippen LogP contribution in [0.5, 0.6) is 0 Å². The van der Waals surface area contributed by atoms with Gasteiger partial charge in [-0.15, -0.1) is 0 Å². The van der Waals surface area contributed by atoms with Gasteiger partial charge < -0.3 is 11.1 Å². The Labute approximate surface area is 76.4 Å². The van der Waals surface area contributed by atoms with E-state index in [2.05, 4.69) is 5.32 Å². The Hall–Kier alpha value is -1.29. The fraction of sp³-hybridized carbons (Fsp3) is 0.444. The molecule has 0 amide bonds. The lowest BCUT2D eigenvalue weighted by molar-refractivity contribution is 0.749. The van der Waals surface area contributed by atoms with E-state index < -0.39 is 0 Å². The Morgan fingerprint density at radius 2 is 2.38 bits per heavy atom. The molecule has 0 bridgehead atoms. The van der Waals surface area contributed by atoms with E-state index in [9.17, 15) is 4.79 Å². The molecule has 2 heterocycles. The van der Waals surface area contributed by atoms with Crippen molar-refractivity contribution in [1.82, 2.24) is 4.57 Å². The van der Waals surface area contributed by atoms with Crippen molar-refractivity contribution in [2.24, 2.45) is 5.73 Å². The van der Waals surface area contributed by atoms with E-state index >= 15 is 0 Å². The summed E-state index contributed by atoms with van der Waals surface area (Å²) in [5.74, 6) is 0.891. The number of nitrogens with two attached hydrogens (primary N) is 1. The fourth-order valence-corrected chi connectivity index (χ4v) is 1.67. The number of fused-ring (bicyclic) bond motifs is 1. The lowest BCUT2D eigenvalue weighted by Gasteiger charge is -2.11. The number of pyridine rings is 1. The minimum atomic E-state index is -0.0348. The van der Waals surface area contributed by atoms with Gasteiger partial charge in [-0.05, 0) is 13.0 Å². The summed E-state index contributed by atoms with van der Waals surface area (Å²) in [5, 5.41) is 3.17. The summed E-state index contributed by atoms with van der Waals surface area (Å²) in [6.07, 6.45) is 0. The SMILES string of the molecule is CC(N)c1ccc(=O)n2c1NCC2. The quantitative estimate of drug-likeness (QED) is 0.651. The van der Waals surface area contributed by atoms with E-state index in [-0.39, 0.29) is 11.6 Å². The third-order valence-corrected chi connectivity index (χ3v) is 2.33. The summed E-state index contributed by atoms with van der Waals surface area (Å²) in [5.41, 5.74) is 6.84. The number of aromatic nitrogens is 1. The first-order chi connectivity index (χ1) is 6.20. The molecule has 0 fully saturated rings. The maximum Gasteiger partial charge on any atom is 0.252 e. The van der Waals surface area contributed by atoms with Crippen LogP contribution in [0.3, 0.4) is 0 Å². The smallest absolute Gasteiger partial charge is 0.252 e. The highest BCUT2D eigenvalue weighted by atomic mass is 16.1. The molecule has 1 aliphatic heterocycles. The van der Waals surface area contributed by atoms with Crippen molar-refractivity contribution in [1.29, 1.82) is 0 Å². The van der Waals surface area contributed by atoms with Crippen LogP contribution in [0.4, 0.5) is 5.82 Å². The Balaban J connectivity index is 2.63. The van der Waals surface area contributed by atoms with Crippen molar-refractivity contribution in [2.75, 3.05) is 11.9 Å². The molecule has 0 aliphatic carbocycles. The standard InChI is InChI=1S/C9H13N3O/c1-6(10)7-2-3-8(13)12-5-4-11-9(7)12/h2-3,6,11H,4-5,10H2,1H3. The van der Waals surface area contributed by atoms with Gasteiger partial charge in [-0.2, -0.15) is 0 Å². The van der Waals surface area contributed by atoms with Gasteiger partial charge in [0.1, 0.15) is 5.82 Å². The molecule has 0 aromatic carbocycles. The van der Waals surface area contributed by atoms with Gasteiger partial charge in [0.2, 0.25) is 0 Å². The maximum atomic E-state index is 11.4. The largest absolute Gasteiger partial charge is 0.369 e. The van der Waals surface area contributed by atoms with Crippen LogP contribution in [0.2, 0.25) is 0 Å². The molecular weight excluding hydrogens is 166 g/mol. The van der Waals surface area contributed by atoms with Crippen molar-refractivity contribution in [3.05, 3.63) is 28.0 Å². The van der Waals surface area contributed by atoms with Crippen molar-refractivity contribution in [2.45, 2.75) is 19.5 Å². The van der Waals surface area contributed by atoms with E-state index in [0.717, 1.165) is 24.5 Å². The number of hydrogen-bond acceptors (Lipinski definition) is 3. The molecule has 0 saturated carbocycles. The van der Waals surface area contributed by atoms with Gasteiger partial charge in [0.15, 0.2) is 0 Å². The molecule has 1 aliphatic rings. The first kappa shape index (κ1) is 8.31. The third kappa shape index (κ3) is 1.23. The molecule has 70 valence electrons. The molecule has 1 aromatic rings. The minimum absolute atomic E-state index is 0.0348. The Bertz CT molecular complexity index is 381. The summed E-state index contributed by atoms with van der Waals surface area (Å²) in [7, 11) is 0. The predicted molar refractivity (Wildman–Crippen MR) is 51.8 cm³/mol. The highest BCUT2D eigenvalue weighted by Crippen LogP contribution is 2.21. The van der Waals surface area contributed by atoms with Crippen molar-refractivity contribution < 1.29 is 0 Å².